The lowest BCUT2D eigenvalue weighted by Crippen LogP contribution is -2.30. The molecule has 1 aromatic carbocycles. The van der Waals surface area contributed by atoms with Gasteiger partial charge in [-0.1, -0.05) is 35.0 Å². The van der Waals surface area contributed by atoms with Crippen molar-refractivity contribution in [2.24, 2.45) is 11.5 Å². The maximum atomic E-state index is 9.93. The van der Waals surface area contributed by atoms with E-state index < -0.39 is 18.6 Å². The Kier molecular flexibility index (Phi) is 17.9. The molecule has 1 heterocycles. The molecule has 1 aliphatic rings. The average Bonchev–Trinajstić information content (AvgIpc) is 3.18. The predicted octanol–water partition coefficient (Wildman–Crippen LogP) is 0.650. The van der Waals surface area contributed by atoms with Crippen molar-refractivity contribution in [3.63, 3.8) is 0 Å². The van der Waals surface area contributed by atoms with Gasteiger partial charge in [0.25, 0.3) is 0 Å². The van der Waals surface area contributed by atoms with Gasteiger partial charge < -0.3 is 26.6 Å². The lowest BCUT2D eigenvalue weighted by Gasteiger charge is -2.03. The van der Waals surface area contributed by atoms with E-state index in [2.05, 4.69) is 58.6 Å². The van der Waals surface area contributed by atoms with Gasteiger partial charge in [-0.05, 0) is 44.0 Å². The fraction of sp³-hybridized carbons (Fsp3) is 0.529. The summed E-state index contributed by atoms with van der Waals surface area (Å²) in [5.41, 5.74) is 10.4. The molecule has 7 nitrogen and oxygen atoms in total. The zero-order chi connectivity index (χ0) is 19.7. The van der Waals surface area contributed by atoms with Crippen molar-refractivity contribution in [1.82, 2.24) is 4.90 Å². The SMILES string of the molecule is CCc1ccc(Br)cc1.CN.NC(=O)C(O)CO.O=CN1CCCC1. The van der Waals surface area contributed by atoms with Crippen LogP contribution in [0.5, 0.6) is 0 Å². The van der Waals surface area contributed by atoms with Crippen LogP contribution in [0.1, 0.15) is 25.3 Å². The van der Waals surface area contributed by atoms with Gasteiger partial charge in [0.2, 0.25) is 12.3 Å². The molecule has 1 aromatic rings. The quantitative estimate of drug-likeness (QED) is 0.532. The second kappa shape index (κ2) is 17.3. The molecule has 1 fully saturated rings. The molecular formula is C17H30BrN3O4. The van der Waals surface area contributed by atoms with Crippen LogP contribution in [0.2, 0.25) is 0 Å². The van der Waals surface area contributed by atoms with Gasteiger partial charge in [0.1, 0.15) is 0 Å². The molecule has 144 valence electrons. The third kappa shape index (κ3) is 14.6. The van der Waals surface area contributed by atoms with Crippen LogP contribution in [0.4, 0.5) is 0 Å². The summed E-state index contributed by atoms with van der Waals surface area (Å²) < 4.78 is 1.15. The zero-order valence-electron chi connectivity index (χ0n) is 14.9. The Labute approximate surface area is 158 Å². The second-order valence-electron chi connectivity index (χ2n) is 4.93. The van der Waals surface area contributed by atoms with E-state index in [1.54, 1.807) is 4.90 Å². The first kappa shape index (κ1) is 25.8. The van der Waals surface area contributed by atoms with E-state index in [9.17, 15) is 9.59 Å². The number of benzene rings is 1. The monoisotopic (exact) mass is 419 g/mol. The maximum Gasteiger partial charge on any atom is 0.248 e. The van der Waals surface area contributed by atoms with Crippen molar-refractivity contribution in [2.45, 2.75) is 32.3 Å². The van der Waals surface area contributed by atoms with Crippen LogP contribution in [-0.2, 0) is 16.0 Å². The molecule has 1 unspecified atom stereocenters. The highest BCUT2D eigenvalue weighted by atomic mass is 79.9. The highest BCUT2D eigenvalue weighted by Crippen LogP contribution is 2.10. The maximum absolute atomic E-state index is 9.93. The highest BCUT2D eigenvalue weighted by molar-refractivity contribution is 9.10. The van der Waals surface area contributed by atoms with Crippen LogP contribution >= 0.6 is 15.9 Å². The molecule has 0 bridgehead atoms. The zero-order valence-corrected chi connectivity index (χ0v) is 16.5. The Morgan fingerprint density at radius 3 is 2.00 bits per heavy atom. The van der Waals surface area contributed by atoms with Crippen LogP contribution in [-0.4, -0.2) is 60.3 Å². The number of aryl methyl sites for hydroxylation is 1. The summed E-state index contributed by atoms with van der Waals surface area (Å²) in [4.78, 5) is 21.5. The minimum atomic E-state index is -1.40. The van der Waals surface area contributed by atoms with E-state index in [1.165, 1.54) is 25.5 Å². The number of halogens is 1. The number of carbonyl (C=O) groups excluding carboxylic acids is 2. The number of primary amides is 1. The smallest absolute Gasteiger partial charge is 0.248 e. The summed E-state index contributed by atoms with van der Waals surface area (Å²) in [6.07, 6.45) is 3.03. The van der Waals surface area contributed by atoms with Crippen molar-refractivity contribution in [3.05, 3.63) is 34.3 Å². The number of hydrogen-bond donors (Lipinski definition) is 4. The fourth-order valence-electron chi connectivity index (χ4n) is 1.66. The molecule has 1 aliphatic heterocycles. The second-order valence-corrected chi connectivity index (χ2v) is 5.84. The number of amides is 2. The van der Waals surface area contributed by atoms with Crippen molar-refractivity contribution < 1.29 is 19.8 Å². The van der Waals surface area contributed by atoms with Gasteiger partial charge in [-0.25, -0.2) is 0 Å². The topological polar surface area (TPSA) is 130 Å². The number of carbonyl (C=O) groups is 2. The molecule has 1 saturated heterocycles. The number of nitrogens with zero attached hydrogens (tertiary/aromatic N) is 1. The third-order valence-electron chi connectivity index (χ3n) is 3.11. The molecule has 0 aliphatic carbocycles. The van der Waals surface area contributed by atoms with Crippen molar-refractivity contribution in [2.75, 3.05) is 26.7 Å². The van der Waals surface area contributed by atoms with Gasteiger partial charge in [0.15, 0.2) is 6.10 Å². The normalized spacial score (nSPS) is 13.1. The lowest BCUT2D eigenvalue weighted by atomic mass is 10.2. The molecule has 0 radical (unpaired) electrons. The highest BCUT2D eigenvalue weighted by Gasteiger charge is 2.06. The predicted molar refractivity (Wildman–Crippen MR) is 103 cm³/mol. The first-order valence-corrected chi connectivity index (χ1v) is 8.83. The van der Waals surface area contributed by atoms with E-state index >= 15 is 0 Å². The number of hydrogen-bond acceptors (Lipinski definition) is 5. The molecule has 2 rings (SSSR count). The standard InChI is InChI=1S/C8H9Br.C5H9NO.C3H7NO3.CH5N/c1-2-7-3-5-8(9)6-4-7;7-5-6-3-1-2-4-6;4-3(7)2(6)1-5;1-2/h3-6H,2H2,1H3;5H,1-4H2;2,5-6H,1H2,(H2,4,7);2H2,1H3. The first-order valence-electron chi connectivity index (χ1n) is 8.04. The average molecular weight is 420 g/mol. The molecule has 2 amide bonds. The lowest BCUT2D eigenvalue weighted by molar-refractivity contribution is -0.127. The number of nitrogens with two attached hydrogens (primary N) is 2. The van der Waals surface area contributed by atoms with Gasteiger partial charge >= 0.3 is 0 Å². The Balaban J connectivity index is 0. The molecule has 1 atom stereocenters. The minimum Gasteiger partial charge on any atom is -0.393 e. The number of aliphatic hydroxyl groups excluding tert-OH is 2. The molecular weight excluding hydrogens is 390 g/mol. The fourth-order valence-corrected chi connectivity index (χ4v) is 1.92. The Morgan fingerprint density at radius 1 is 1.28 bits per heavy atom. The van der Waals surface area contributed by atoms with E-state index in [4.69, 9.17) is 10.2 Å². The Hall–Kier alpha value is -1.48. The van der Waals surface area contributed by atoms with Crippen LogP contribution in [0.3, 0.4) is 0 Å². The van der Waals surface area contributed by atoms with Crippen molar-refractivity contribution >= 4 is 28.2 Å². The van der Waals surface area contributed by atoms with E-state index in [1.807, 2.05) is 0 Å². The summed E-state index contributed by atoms with van der Waals surface area (Å²) >= 11 is 3.37. The van der Waals surface area contributed by atoms with E-state index in [-0.39, 0.29) is 0 Å². The van der Waals surface area contributed by atoms with Gasteiger partial charge in [-0.3, -0.25) is 9.59 Å². The Morgan fingerprint density at radius 2 is 1.76 bits per heavy atom. The van der Waals surface area contributed by atoms with Crippen molar-refractivity contribution in [3.8, 4) is 0 Å². The summed E-state index contributed by atoms with van der Waals surface area (Å²) in [6.45, 7) is 3.51. The van der Waals surface area contributed by atoms with Gasteiger partial charge in [0.05, 0.1) is 6.61 Å². The van der Waals surface area contributed by atoms with E-state index in [0.717, 1.165) is 30.4 Å². The van der Waals surface area contributed by atoms with Gasteiger partial charge in [-0.15, -0.1) is 0 Å². The molecule has 0 spiro atoms. The third-order valence-corrected chi connectivity index (χ3v) is 3.64. The molecule has 0 aromatic heterocycles. The summed E-state index contributed by atoms with van der Waals surface area (Å²) in [5.74, 6) is -0.900. The molecule has 25 heavy (non-hydrogen) atoms. The number of aliphatic hydroxyl groups is 2. The van der Waals surface area contributed by atoms with Crippen LogP contribution < -0.4 is 11.5 Å². The number of rotatable bonds is 4. The largest absolute Gasteiger partial charge is 0.393 e. The van der Waals surface area contributed by atoms with Crippen LogP contribution in [0.25, 0.3) is 0 Å². The van der Waals surface area contributed by atoms with Crippen LogP contribution in [0.15, 0.2) is 28.7 Å². The molecule has 6 N–H and O–H groups in total. The van der Waals surface area contributed by atoms with Gasteiger partial charge in [-0.2, -0.15) is 0 Å². The molecule has 8 heteroatoms. The van der Waals surface area contributed by atoms with Crippen LogP contribution in [0, 0.1) is 0 Å². The van der Waals surface area contributed by atoms with Gasteiger partial charge in [0, 0.05) is 17.6 Å². The summed E-state index contributed by atoms with van der Waals surface area (Å²) in [5, 5.41) is 16.2. The Bertz CT molecular complexity index is 452. The number of likely N-dealkylation sites (tertiary alicyclic amines) is 1. The minimum absolute atomic E-state index is 0.602. The summed E-state index contributed by atoms with van der Waals surface area (Å²) in [7, 11) is 1.50. The molecule has 0 saturated carbocycles. The van der Waals surface area contributed by atoms with E-state index in [0.29, 0.717) is 0 Å². The summed E-state index contributed by atoms with van der Waals surface area (Å²) in [6, 6.07) is 8.39. The van der Waals surface area contributed by atoms with Crippen molar-refractivity contribution in [1.29, 1.82) is 0 Å². The first-order chi connectivity index (χ1) is 11.9.